The molecule has 1 aliphatic heterocycles. The molecular weight excluding hydrogens is 500 g/mol. The van der Waals surface area contributed by atoms with E-state index in [-0.39, 0.29) is 46.8 Å². The van der Waals surface area contributed by atoms with Gasteiger partial charge in [-0.2, -0.15) is 4.99 Å². The molecule has 1 fully saturated rings. The van der Waals surface area contributed by atoms with E-state index in [0.29, 0.717) is 30.3 Å². The highest BCUT2D eigenvalue weighted by molar-refractivity contribution is 5.99. The summed E-state index contributed by atoms with van der Waals surface area (Å²) in [6, 6.07) is 11.8. The molecule has 4 heterocycles. The fourth-order valence-electron chi connectivity index (χ4n) is 4.81. The quantitative estimate of drug-likeness (QED) is 0.266. The fourth-order valence-corrected chi connectivity index (χ4v) is 4.81. The highest BCUT2D eigenvalue weighted by atomic mass is 16.5. The van der Waals surface area contributed by atoms with Gasteiger partial charge in [0.1, 0.15) is 22.6 Å². The second-order valence-electron chi connectivity index (χ2n) is 9.23. The number of ether oxygens (including phenoxy) is 3. The summed E-state index contributed by atoms with van der Waals surface area (Å²) in [7, 11) is 0. The summed E-state index contributed by atoms with van der Waals surface area (Å²) in [4.78, 5) is 49.7. The molecule has 0 unspecified atom stereocenters. The van der Waals surface area contributed by atoms with Crippen LogP contribution in [0, 0.1) is 6.92 Å². The minimum absolute atomic E-state index is 0.00362. The van der Waals surface area contributed by atoms with Crippen molar-refractivity contribution < 1.29 is 23.8 Å². The molecule has 0 saturated carbocycles. The zero-order valence-electron chi connectivity index (χ0n) is 22.2. The van der Waals surface area contributed by atoms with Crippen molar-refractivity contribution >= 4 is 28.6 Å². The molecule has 0 bridgehead atoms. The van der Waals surface area contributed by atoms with Crippen molar-refractivity contribution in [3.8, 4) is 5.75 Å². The van der Waals surface area contributed by atoms with Gasteiger partial charge in [0.25, 0.3) is 11.5 Å². The molecular formula is C29H30N4O6. The van der Waals surface area contributed by atoms with Crippen LogP contribution < -0.4 is 15.8 Å². The molecule has 0 spiro atoms. The fraction of sp³-hybridized carbons (Fsp3) is 0.345. The van der Waals surface area contributed by atoms with Crippen LogP contribution in [0.3, 0.4) is 0 Å². The number of rotatable bonds is 7. The second kappa shape index (κ2) is 11.2. The van der Waals surface area contributed by atoms with E-state index in [0.717, 1.165) is 18.4 Å². The Hall–Kier alpha value is -4.31. The molecule has 1 saturated heterocycles. The van der Waals surface area contributed by atoms with Crippen LogP contribution in [0.4, 0.5) is 0 Å². The first-order valence-electron chi connectivity index (χ1n) is 13.1. The molecule has 1 amide bonds. The molecule has 4 aromatic rings. The third-order valence-corrected chi connectivity index (χ3v) is 6.64. The van der Waals surface area contributed by atoms with Crippen molar-refractivity contribution in [1.29, 1.82) is 0 Å². The minimum atomic E-state index is -0.695. The van der Waals surface area contributed by atoms with Gasteiger partial charge in [-0.3, -0.25) is 14.0 Å². The SMILES string of the molecule is CCOC(=O)c1cc2c(=O)n3cccc(C)c3nc2n(C[C@H]2CCCO2)c1=NC(=O)c1ccccc1OCC. The van der Waals surface area contributed by atoms with Crippen molar-refractivity contribution in [3.63, 3.8) is 0 Å². The summed E-state index contributed by atoms with van der Waals surface area (Å²) in [5.74, 6) is -0.909. The number of carbonyl (C=O) groups is 2. The number of aromatic nitrogens is 3. The average molecular weight is 531 g/mol. The van der Waals surface area contributed by atoms with E-state index in [2.05, 4.69) is 4.99 Å². The van der Waals surface area contributed by atoms with Crippen LogP contribution in [-0.2, 0) is 16.0 Å². The summed E-state index contributed by atoms with van der Waals surface area (Å²) in [5, 5.41) is 0.209. The topological polar surface area (TPSA) is 113 Å². The zero-order valence-corrected chi connectivity index (χ0v) is 22.2. The highest BCUT2D eigenvalue weighted by Crippen LogP contribution is 2.20. The molecule has 1 atom stereocenters. The van der Waals surface area contributed by atoms with Crippen molar-refractivity contribution in [2.24, 2.45) is 4.99 Å². The first kappa shape index (κ1) is 26.3. The van der Waals surface area contributed by atoms with Gasteiger partial charge in [-0.15, -0.1) is 0 Å². The van der Waals surface area contributed by atoms with Gasteiger partial charge >= 0.3 is 5.97 Å². The Labute approximate surface area is 224 Å². The molecule has 1 aromatic carbocycles. The Morgan fingerprint density at radius 3 is 2.67 bits per heavy atom. The van der Waals surface area contributed by atoms with E-state index < -0.39 is 11.9 Å². The van der Waals surface area contributed by atoms with Gasteiger partial charge in [0.05, 0.1) is 36.8 Å². The number of pyridine rings is 2. The van der Waals surface area contributed by atoms with Crippen LogP contribution in [0.15, 0.2) is 58.4 Å². The van der Waals surface area contributed by atoms with Gasteiger partial charge in [-0.1, -0.05) is 18.2 Å². The predicted molar refractivity (Wildman–Crippen MR) is 144 cm³/mol. The van der Waals surface area contributed by atoms with E-state index in [4.69, 9.17) is 19.2 Å². The number of hydrogen-bond donors (Lipinski definition) is 0. The normalized spacial score (nSPS) is 15.7. The Kier molecular flexibility index (Phi) is 7.56. The summed E-state index contributed by atoms with van der Waals surface area (Å²) >= 11 is 0. The molecule has 202 valence electrons. The summed E-state index contributed by atoms with van der Waals surface area (Å²) < 4.78 is 20.0. The van der Waals surface area contributed by atoms with Crippen LogP contribution in [0.5, 0.6) is 5.75 Å². The Morgan fingerprint density at radius 2 is 1.92 bits per heavy atom. The minimum Gasteiger partial charge on any atom is -0.493 e. The first-order chi connectivity index (χ1) is 18.9. The number of nitrogens with zero attached hydrogens (tertiary/aromatic N) is 4. The second-order valence-corrected chi connectivity index (χ2v) is 9.23. The lowest BCUT2D eigenvalue weighted by atomic mass is 10.1. The molecule has 0 radical (unpaired) electrons. The van der Waals surface area contributed by atoms with Gasteiger partial charge in [0.2, 0.25) is 0 Å². The lowest BCUT2D eigenvalue weighted by molar-refractivity contribution is 0.0521. The maximum Gasteiger partial charge on any atom is 0.341 e. The number of carbonyl (C=O) groups excluding carboxylic acids is 2. The number of fused-ring (bicyclic) bond motifs is 2. The molecule has 10 nitrogen and oxygen atoms in total. The number of para-hydroxylation sites is 1. The molecule has 5 rings (SSSR count). The summed E-state index contributed by atoms with van der Waals surface area (Å²) in [6.07, 6.45) is 3.10. The van der Waals surface area contributed by atoms with E-state index in [9.17, 15) is 14.4 Å². The van der Waals surface area contributed by atoms with E-state index in [1.54, 1.807) is 48.0 Å². The van der Waals surface area contributed by atoms with Crippen molar-refractivity contribution in [3.05, 3.63) is 81.2 Å². The predicted octanol–water partition coefficient (Wildman–Crippen LogP) is 3.45. The number of amides is 1. The first-order valence-corrected chi connectivity index (χ1v) is 13.1. The molecule has 0 N–H and O–H groups in total. The zero-order chi connectivity index (χ0) is 27.5. The summed E-state index contributed by atoms with van der Waals surface area (Å²) in [6.45, 7) is 6.71. The molecule has 1 aliphatic rings. The monoisotopic (exact) mass is 530 g/mol. The average Bonchev–Trinajstić information content (AvgIpc) is 3.44. The smallest absolute Gasteiger partial charge is 0.341 e. The van der Waals surface area contributed by atoms with Crippen molar-refractivity contribution in [2.75, 3.05) is 19.8 Å². The number of benzene rings is 1. The Bertz CT molecular complexity index is 1700. The van der Waals surface area contributed by atoms with Crippen LogP contribution in [0.1, 0.15) is 53.0 Å². The van der Waals surface area contributed by atoms with E-state index in [1.165, 1.54) is 10.5 Å². The lowest BCUT2D eigenvalue weighted by Gasteiger charge is -2.18. The van der Waals surface area contributed by atoms with Crippen LogP contribution in [0.25, 0.3) is 16.7 Å². The van der Waals surface area contributed by atoms with Crippen LogP contribution in [0.2, 0.25) is 0 Å². The van der Waals surface area contributed by atoms with Gasteiger partial charge in [-0.25, -0.2) is 9.78 Å². The van der Waals surface area contributed by atoms with Crippen molar-refractivity contribution in [2.45, 2.75) is 46.3 Å². The van der Waals surface area contributed by atoms with E-state index in [1.807, 2.05) is 19.9 Å². The van der Waals surface area contributed by atoms with Crippen LogP contribution in [-0.4, -0.2) is 51.8 Å². The van der Waals surface area contributed by atoms with E-state index >= 15 is 0 Å². The third-order valence-electron chi connectivity index (χ3n) is 6.64. The Morgan fingerprint density at radius 1 is 1.10 bits per heavy atom. The maximum atomic E-state index is 13.6. The standard InChI is InChI=1S/C29H30N4O6/c1-4-37-23-13-7-6-12-20(23)27(34)31-26-22(29(36)38-5-2)16-21-25(33(26)17-19-11-9-15-39-19)30-24-18(3)10-8-14-32(24)28(21)35/h6-8,10,12-14,16,19H,4-5,9,11,15,17H2,1-3H3/t19-/m1/s1. The number of aryl methyl sites for hydroxylation is 1. The van der Waals surface area contributed by atoms with Gasteiger partial charge in [0.15, 0.2) is 5.49 Å². The van der Waals surface area contributed by atoms with Gasteiger partial charge < -0.3 is 18.8 Å². The molecule has 0 aliphatic carbocycles. The highest BCUT2D eigenvalue weighted by Gasteiger charge is 2.24. The lowest BCUT2D eigenvalue weighted by Crippen LogP contribution is -2.35. The molecule has 10 heteroatoms. The van der Waals surface area contributed by atoms with Crippen LogP contribution >= 0.6 is 0 Å². The number of esters is 1. The third kappa shape index (κ3) is 5.07. The molecule has 3 aromatic heterocycles. The maximum absolute atomic E-state index is 13.6. The van der Waals surface area contributed by atoms with Crippen molar-refractivity contribution in [1.82, 2.24) is 14.0 Å². The van der Waals surface area contributed by atoms with Gasteiger partial charge in [0, 0.05) is 12.8 Å². The van der Waals surface area contributed by atoms with Gasteiger partial charge in [-0.05, 0) is 63.4 Å². The Balaban J connectivity index is 1.87. The number of hydrogen-bond acceptors (Lipinski definition) is 7. The largest absolute Gasteiger partial charge is 0.493 e. The summed E-state index contributed by atoms with van der Waals surface area (Å²) in [5.41, 5.74) is 1.54. The molecule has 39 heavy (non-hydrogen) atoms.